The largest absolute Gasteiger partial charge is 0.404 e. The molecule has 0 unspecified atom stereocenters. The van der Waals surface area contributed by atoms with Crippen LogP contribution in [0.4, 0.5) is 0 Å². The molecule has 0 amide bonds. The molecule has 1 aromatic heterocycles. The minimum atomic E-state index is -0.323. The summed E-state index contributed by atoms with van der Waals surface area (Å²) in [5.41, 5.74) is 15.0. The molecule has 0 bridgehead atoms. The van der Waals surface area contributed by atoms with Gasteiger partial charge in [0, 0.05) is 47.1 Å². The molecule has 160 valence electrons. The van der Waals surface area contributed by atoms with Crippen molar-refractivity contribution < 1.29 is 0 Å². The summed E-state index contributed by atoms with van der Waals surface area (Å²) in [5.74, 6) is 0. The number of nitrogens with two attached hydrogens (primary N) is 2. The first kappa shape index (κ1) is 21.4. The Morgan fingerprint density at radius 1 is 1.09 bits per heavy atom. The van der Waals surface area contributed by atoms with Crippen molar-refractivity contribution in [3.8, 4) is 12.1 Å². The maximum atomic E-state index is 12.2. The van der Waals surface area contributed by atoms with Crippen LogP contribution in [0.3, 0.4) is 0 Å². The molecule has 4 aromatic rings. The number of nitrogens with one attached hydrogen (secondary N) is 1. The van der Waals surface area contributed by atoms with Crippen LogP contribution in [0.15, 0.2) is 64.5 Å². The molecule has 0 radical (unpaired) electrons. The number of benzene rings is 3. The summed E-state index contributed by atoms with van der Waals surface area (Å²) in [4.78, 5) is 16.6. The molecule has 0 fully saturated rings. The zero-order valence-electron chi connectivity index (χ0n) is 17.8. The normalized spacial score (nSPS) is 12.0. The van der Waals surface area contributed by atoms with Crippen LogP contribution < -0.4 is 17.0 Å². The van der Waals surface area contributed by atoms with Crippen molar-refractivity contribution in [2.75, 3.05) is 7.05 Å². The number of aliphatic imine (C=N–C) groups is 1. The van der Waals surface area contributed by atoms with E-state index in [1.54, 1.807) is 37.4 Å². The van der Waals surface area contributed by atoms with Crippen LogP contribution in [0.25, 0.3) is 27.1 Å². The molecule has 0 spiro atoms. The number of fused-ring (bicyclic) bond motifs is 2. The molecule has 0 saturated heterocycles. The second kappa shape index (κ2) is 8.75. The van der Waals surface area contributed by atoms with E-state index < -0.39 is 0 Å². The van der Waals surface area contributed by atoms with E-state index in [0.717, 1.165) is 0 Å². The van der Waals surface area contributed by atoms with Crippen LogP contribution in [0, 0.1) is 22.7 Å². The van der Waals surface area contributed by atoms with E-state index in [1.165, 1.54) is 6.20 Å². The van der Waals surface area contributed by atoms with Gasteiger partial charge in [0.05, 0.1) is 34.0 Å². The van der Waals surface area contributed by atoms with Crippen LogP contribution in [0.5, 0.6) is 0 Å². The third kappa shape index (κ3) is 3.51. The second-order valence-corrected chi connectivity index (χ2v) is 7.23. The van der Waals surface area contributed by atoms with Crippen LogP contribution >= 0.6 is 0 Å². The summed E-state index contributed by atoms with van der Waals surface area (Å²) in [6.45, 7) is 0.141. The highest BCUT2D eigenvalue weighted by atomic mass is 16.1. The van der Waals surface area contributed by atoms with Crippen molar-refractivity contribution in [2.24, 2.45) is 16.5 Å². The summed E-state index contributed by atoms with van der Waals surface area (Å²) in [6.07, 6.45) is 1.40. The summed E-state index contributed by atoms with van der Waals surface area (Å²) < 4.78 is 0. The number of nitrogens with zero attached hydrogens (tertiary/aromatic N) is 4. The van der Waals surface area contributed by atoms with Gasteiger partial charge in [-0.15, -0.1) is 0 Å². The van der Waals surface area contributed by atoms with Crippen LogP contribution in [0.1, 0.15) is 27.9 Å². The first-order chi connectivity index (χ1) is 16.1. The Hall–Kier alpha value is -4.79. The predicted octanol–water partition coefficient (Wildman–Crippen LogP) is 2.70. The molecule has 0 aliphatic carbocycles. The van der Waals surface area contributed by atoms with E-state index in [2.05, 4.69) is 27.3 Å². The number of aromatic amines is 1. The highest BCUT2D eigenvalue weighted by molar-refractivity contribution is 6.33. The molecular formula is C25H19N7O. The summed E-state index contributed by atoms with van der Waals surface area (Å²) in [7, 11) is 1.60. The monoisotopic (exact) mass is 433 g/mol. The number of rotatable bonds is 4. The number of hydrogen-bond donors (Lipinski definition) is 3. The maximum Gasteiger partial charge on any atom is 0.272 e. The fourth-order valence-corrected chi connectivity index (χ4v) is 4.02. The third-order valence-electron chi connectivity index (χ3n) is 5.55. The van der Waals surface area contributed by atoms with E-state index in [-0.39, 0.29) is 12.1 Å². The quantitative estimate of drug-likeness (QED) is 0.420. The number of nitriles is 2. The van der Waals surface area contributed by atoms with Crippen LogP contribution in [-0.4, -0.2) is 23.0 Å². The topological polar surface area (TPSA) is 158 Å². The molecule has 8 heteroatoms. The van der Waals surface area contributed by atoms with Gasteiger partial charge in [-0.2, -0.15) is 15.6 Å². The van der Waals surface area contributed by atoms with Crippen molar-refractivity contribution in [2.45, 2.75) is 6.54 Å². The first-order valence-electron chi connectivity index (χ1n) is 10.0. The van der Waals surface area contributed by atoms with Gasteiger partial charge < -0.3 is 11.5 Å². The number of aromatic nitrogens is 2. The lowest BCUT2D eigenvalue weighted by Gasteiger charge is -2.15. The lowest BCUT2D eigenvalue weighted by atomic mass is 9.88. The fraction of sp³-hybridized carbons (Fsp3) is 0.0800. The van der Waals surface area contributed by atoms with Crippen molar-refractivity contribution in [3.63, 3.8) is 0 Å². The van der Waals surface area contributed by atoms with Gasteiger partial charge in [0.1, 0.15) is 6.07 Å². The number of allylic oxidation sites excluding steroid dienone is 1. The van der Waals surface area contributed by atoms with E-state index in [4.69, 9.17) is 11.5 Å². The Balaban J connectivity index is 1.98. The zero-order valence-corrected chi connectivity index (χ0v) is 17.8. The lowest BCUT2D eigenvalue weighted by molar-refractivity contribution is 0.900. The summed E-state index contributed by atoms with van der Waals surface area (Å²) in [6, 6.07) is 18.6. The predicted molar refractivity (Wildman–Crippen MR) is 128 cm³/mol. The molecule has 0 aliphatic rings. The molecule has 33 heavy (non-hydrogen) atoms. The fourth-order valence-electron chi connectivity index (χ4n) is 4.02. The molecule has 0 saturated carbocycles. The van der Waals surface area contributed by atoms with Gasteiger partial charge >= 0.3 is 0 Å². The van der Waals surface area contributed by atoms with E-state index in [0.29, 0.717) is 60.8 Å². The molecule has 8 nitrogen and oxygen atoms in total. The minimum Gasteiger partial charge on any atom is -0.404 e. The van der Waals surface area contributed by atoms with Gasteiger partial charge in [-0.3, -0.25) is 9.79 Å². The molecule has 4 rings (SSSR count). The Kier molecular flexibility index (Phi) is 5.69. The van der Waals surface area contributed by atoms with Gasteiger partial charge in [-0.1, -0.05) is 30.3 Å². The maximum absolute atomic E-state index is 12.2. The highest BCUT2D eigenvalue weighted by Gasteiger charge is 2.20. The lowest BCUT2D eigenvalue weighted by Crippen LogP contribution is -2.14. The Morgan fingerprint density at radius 3 is 2.48 bits per heavy atom. The first-order valence-corrected chi connectivity index (χ1v) is 10.0. The minimum absolute atomic E-state index is 0.141. The van der Waals surface area contributed by atoms with Gasteiger partial charge in [-0.25, -0.2) is 5.10 Å². The Labute approximate surface area is 189 Å². The average Bonchev–Trinajstić information content (AvgIpc) is 2.86. The van der Waals surface area contributed by atoms with Gasteiger partial charge in [-0.05, 0) is 23.8 Å². The van der Waals surface area contributed by atoms with Crippen molar-refractivity contribution in [1.29, 1.82) is 10.5 Å². The summed E-state index contributed by atoms with van der Waals surface area (Å²) in [5, 5.41) is 28.6. The molecule has 1 heterocycles. The van der Waals surface area contributed by atoms with E-state index in [1.807, 2.05) is 18.2 Å². The van der Waals surface area contributed by atoms with Crippen LogP contribution in [0.2, 0.25) is 0 Å². The molecular weight excluding hydrogens is 414 g/mol. The Bertz CT molecular complexity index is 1610. The van der Waals surface area contributed by atoms with Crippen molar-refractivity contribution >= 4 is 32.8 Å². The SMILES string of the molecule is CN=C(/C(=C\N)c1ccc2c(=O)[nH]nc(CN)c2c1)c1cc(C#N)c2ccccc2c1C#N. The molecule has 0 atom stereocenters. The van der Waals surface area contributed by atoms with Gasteiger partial charge in [0.2, 0.25) is 0 Å². The standard InChI is InChI=1S/C25H19N7O/c1-30-24(20-9-15(10-26)16-4-2-3-5-17(16)22(20)12-28)21(11-27)14-6-7-18-19(8-14)23(13-29)31-32-25(18)33/h2-9,11H,13,27,29H2,1H3,(H,32,33)/b21-11-,30-24?. The highest BCUT2D eigenvalue weighted by Crippen LogP contribution is 2.31. The van der Waals surface area contributed by atoms with E-state index in [9.17, 15) is 15.3 Å². The second-order valence-electron chi connectivity index (χ2n) is 7.23. The van der Waals surface area contributed by atoms with Gasteiger partial charge in [0.25, 0.3) is 5.56 Å². The molecule has 0 aliphatic heterocycles. The van der Waals surface area contributed by atoms with Gasteiger partial charge in [0.15, 0.2) is 0 Å². The van der Waals surface area contributed by atoms with Crippen LogP contribution in [-0.2, 0) is 6.54 Å². The van der Waals surface area contributed by atoms with Crippen molar-refractivity contribution in [1.82, 2.24) is 10.2 Å². The number of H-pyrrole nitrogens is 1. The smallest absolute Gasteiger partial charge is 0.272 e. The molecule has 3 aromatic carbocycles. The number of hydrogen-bond acceptors (Lipinski definition) is 7. The summed E-state index contributed by atoms with van der Waals surface area (Å²) >= 11 is 0. The Morgan fingerprint density at radius 2 is 1.85 bits per heavy atom. The average molecular weight is 433 g/mol. The molecule has 5 N–H and O–H groups in total. The third-order valence-corrected chi connectivity index (χ3v) is 5.55. The van der Waals surface area contributed by atoms with Crippen molar-refractivity contribution in [3.05, 3.63) is 93.0 Å². The zero-order chi connectivity index (χ0) is 23.5. The van der Waals surface area contributed by atoms with E-state index >= 15 is 0 Å².